The van der Waals surface area contributed by atoms with Crippen LogP contribution in [0.25, 0.3) is 0 Å². The van der Waals surface area contributed by atoms with Crippen LogP contribution in [0.2, 0.25) is 0 Å². The summed E-state index contributed by atoms with van der Waals surface area (Å²) in [7, 11) is 0. The summed E-state index contributed by atoms with van der Waals surface area (Å²) in [5, 5.41) is 9.14. The Labute approximate surface area is 248 Å². The number of esters is 1. The molecular formula is C37H54O4. The second-order valence-electron chi connectivity index (χ2n) is 15.1. The van der Waals surface area contributed by atoms with E-state index < -0.39 is 5.97 Å². The molecular weight excluding hydrogens is 508 g/mol. The Hall–Kier alpha value is -2.10. The molecule has 0 saturated heterocycles. The molecule has 0 unspecified atom stereocenters. The number of hydrogen-bond donors (Lipinski definition) is 1. The molecule has 4 nitrogen and oxygen atoms in total. The minimum absolute atomic E-state index is 0.0964. The summed E-state index contributed by atoms with van der Waals surface area (Å²) in [6.07, 6.45) is 16.1. The molecule has 0 amide bonds. The van der Waals surface area contributed by atoms with Crippen LogP contribution < -0.4 is 0 Å². The zero-order valence-corrected chi connectivity index (χ0v) is 26.5. The fraction of sp³-hybridized carbons (Fsp3) is 0.730. The van der Waals surface area contributed by atoms with E-state index in [4.69, 9.17) is 9.84 Å². The zero-order valence-electron chi connectivity index (χ0n) is 26.5. The summed E-state index contributed by atoms with van der Waals surface area (Å²) in [6, 6.07) is 6.06. The standard InChI is InChI=1S/C37H54O4/c1-7-25(23(2)3)9-8-24(4)31-16-17-32-30-15-14-28-22-29(18-20-36(28,5)33(30)19-21-37(31,32)6)41-35(40)27-12-10-26(11-13-27)34(38)39/h10-14,23-25,29-33H,7-9,15-22H2,1-6H3,(H,38,39)/t24-,25-,29+,30+,31-,32+,33+,36+,37-/m1/s1. The maximum Gasteiger partial charge on any atom is 0.338 e. The van der Waals surface area contributed by atoms with Crippen molar-refractivity contribution in [1.29, 1.82) is 0 Å². The van der Waals surface area contributed by atoms with Crippen LogP contribution in [-0.4, -0.2) is 23.1 Å². The second kappa shape index (κ2) is 11.9. The Bertz CT molecular complexity index is 1130. The van der Waals surface area contributed by atoms with Crippen molar-refractivity contribution in [3.8, 4) is 0 Å². The van der Waals surface area contributed by atoms with Gasteiger partial charge in [-0.25, -0.2) is 9.59 Å². The third kappa shape index (κ3) is 5.66. The number of carbonyl (C=O) groups excluding carboxylic acids is 1. The van der Waals surface area contributed by atoms with Gasteiger partial charge in [0.15, 0.2) is 0 Å². The maximum absolute atomic E-state index is 12.9. The van der Waals surface area contributed by atoms with Crippen LogP contribution in [0.3, 0.4) is 0 Å². The van der Waals surface area contributed by atoms with Crippen LogP contribution in [0, 0.1) is 52.3 Å². The quantitative estimate of drug-likeness (QED) is 0.240. The predicted molar refractivity (Wildman–Crippen MR) is 165 cm³/mol. The Kier molecular flexibility index (Phi) is 8.80. The van der Waals surface area contributed by atoms with E-state index in [1.54, 1.807) is 12.1 Å². The van der Waals surface area contributed by atoms with E-state index in [2.05, 4.69) is 47.6 Å². The Morgan fingerprint density at radius 3 is 2.32 bits per heavy atom. The highest BCUT2D eigenvalue weighted by Crippen LogP contribution is 2.67. The molecule has 9 atom stereocenters. The molecule has 1 aromatic carbocycles. The van der Waals surface area contributed by atoms with Crippen molar-refractivity contribution in [1.82, 2.24) is 0 Å². The summed E-state index contributed by atoms with van der Waals surface area (Å²) >= 11 is 0. The van der Waals surface area contributed by atoms with Crippen molar-refractivity contribution < 1.29 is 19.4 Å². The molecule has 0 aliphatic heterocycles. The minimum atomic E-state index is -0.989. The van der Waals surface area contributed by atoms with Gasteiger partial charge in [0, 0.05) is 6.42 Å². The first kappa shape index (κ1) is 30.4. The summed E-state index contributed by atoms with van der Waals surface area (Å²) in [4.78, 5) is 24.0. The van der Waals surface area contributed by atoms with E-state index in [1.165, 1.54) is 69.1 Å². The van der Waals surface area contributed by atoms with Gasteiger partial charge in [-0.15, -0.1) is 0 Å². The number of carboxylic acids is 1. The van der Waals surface area contributed by atoms with Gasteiger partial charge in [0.05, 0.1) is 11.1 Å². The van der Waals surface area contributed by atoms with Crippen molar-refractivity contribution in [2.45, 2.75) is 118 Å². The van der Waals surface area contributed by atoms with Gasteiger partial charge in [0.1, 0.15) is 6.10 Å². The molecule has 3 saturated carbocycles. The summed E-state index contributed by atoms with van der Waals surface area (Å²) in [6.45, 7) is 14.9. The molecule has 1 N–H and O–H groups in total. The first-order chi connectivity index (χ1) is 19.5. The molecule has 0 heterocycles. The first-order valence-corrected chi connectivity index (χ1v) is 16.7. The van der Waals surface area contributed by atoms with Crippen molar-refractivity contribution in [3.05, 3.63) is 47.0 Å². The fourth-order valence-corrected chi connectivity index (χ4v) is 10.4. The van der Waals surface area contributed by atoms with Gasteiger partial charge in [0.25, 0.3) is 0 Å². The molecule has 4 aliphatic carbocycles. The normalized spacial score (nSPS) is 36.0. The smallest absolute Gasteiger partial charge is 0.338 e. The summed E-state index contributed by atoms with van der Waals surface area (Å²) in [5.41, 5.74) is 2.85. The second-order valence-corrected chi connectivity index (χ2v) is 15.1. The number of aromatic carboxylic acids is 1. The lowest BCUT2D eigenvalue weighted by molar-refractivity contribution is -0.0596. The monoisotopic (exact) mass is 562 g/mol. The Balaban J connectivity index is 1.23. The van der Waals surface area contributed by atoms with E-state index in [1.807, 2.05) is 0 Å². The minimum Gasteiger partial charge on any atom is -0.478 e. The molecule has 226 valence electrons. The summed E-state index contributed by atoms with van der Waals surface area (Å²) in [5.74, 6) is 4.42. The molecule has 0 bridgehead atoms. The van der Waals surface area contributed by atoms with E-state index >= 15 is 0 Å². The van der Waals surface area contributed by atoms with Crippen LogP contribution in [-0.2, 0) is 4.74 Å². The third-order valence-corrected chi connectivity index (χ3v) is 12.9. The van der Waals surface area contributed by atoms with Gasteiger partial charge in [-0.05, 0) is 128 Å². The lowest BCUT2D eigenvalue weighted by Crippen LogP contribution is -2.51. The molecule has 4 aliphatic rings. The van der Waals surface area contributed by atoms with Crippen molar-refractivity contribution in [2.75, 3.05) is 0 Å². The number of ether oxygens (including phenoxy) is 1. The molecule has 4 heteroatoms. The van der Waals surface area contributed by atoms with Crippen LogP contribution in [0.1, 0.15) is 133 Å². The van der Waals surface area contributed by atoms with E-state index in [-0.39, 0.29) is 23.1 Å². The molecule has 41 heavy (non-hydrogen) atoms. The molecule has 5 rings (SSSR count). The third-order valence-electron chi connectivity index (χ3n) is 12.9. The number of rotatable bonds is 9. The van der Waals surface area contributed by atoms with Crippen molar-refractivity contribution >= 4 is 11.9 Å². The number of fused-ring (bicyclic) bond motifs is 5. The first-order valence-electron chi connectivity index (χ1n) is 16.7. The molecule has 1 aromatic rings. The highest BCUT2D eigenvalue weighted by atomic mass is 16.5. The molecule has 0 radical (unpaired) electrons. The average Bonchev–Trinajstić information content (AvgIpc) is 3.30. The van der Waals surface area contributed by atoms with Gasteiger partial charge in [-0.2, -0.15) is 0 Å². The van der Waals surface area contributed by atoms with Crippen LogP contribution in [0.15, 0.2) is 35.9 Å². The van der Waals surface area contributed by atoms with E-state index in [0.717, 1.165) is 60.7 Å². The number of benzene rings is 1. The molecule has 3 fully saturated rings. The predicted octanol–water partition coefficient (Wildman–Crippen LogP) is 9.59. The van der Waals surface area contributed by atoms with Gasteiger partial charge < -0.3 is 9.84 Å². The van der Waals surface area contributed by atoms with Crippen LogP contribution >= 0.6 is 0 Å². The number of carboxylic acid groups (broad SMARTS) is 1. The maximum atomic E-state index is 12.9. The Morgan fingerprint density at radius 2 is 1.66 bits per heavy atom. The van der Waals surface area contributed by atoms with E-state index in [0.29, 0.717) is 11.0 Å². The fourth-order valence-electron chi connectivity index (χ4n) is 10.4. The largest absolute Gasteiger partial charge is 0.478 e. The number of carbonyl (C=O) groups is 2. The van der Waals surface area contributed by atoms with Crippen molar-refractivity contribution in [2.24, 2.45) is 52.3 Å². The van der Waals surface area contributed by atoms with Crippen LogP contribution in [0.4, 0.5) is 0 Å². The van der Waals surface area contributed by atoms with Gasteiger partial charge in [-0.3, -0.25) is 0 Å². The topological polar surface area (TPSA) is 63.6 Å². The Morgan fingerprint density at radius 1 is 0.951 bits per heavy atom. The van der Waals surface area contributed by atoms with Gasteiger partial charge >= 0.3 is 11.9 Å². The highest BCUT2D eigenvalue weighted by Gasteiger charge is 2.59. The highest BCUT2D eigenvalue weighted by molar-refractivity contribution is 5.92. The van der Waals surface area contributed by atoms with Crippen molar-refractivity contribution in [3.63, 3.8) is 0 Å². The SMILES string of the molecule is CC[C@H](CC[C@@H](C)[C@H]1CC[C@H]2[C@@H]3CC=C4C[C@@H](OC(=O)c5ccc(C(=O)O)cc5)CC[C@]4(C)[C@H]3CC[C@]12C)C(C)C. The van der Waals surface area contributed by atoms with Crippen LogP contribution in [0.5, 0.6) is 0 Å². The summed E-state index contributed by atoms with van der Waals surface area (Å²) < 4.78 is 5.97. The van der Waals surface area contributed by atoms with Gasteiger partial charge in [0.2, 0.25) is 0 Å². The zero-order chi connectivity index (χ0) is 29.5. The number of allylic oxidation sites excluding steroid dienone is 1. The van der Waals surface area contributed by atoms with Gasteiger partial charge in [-0.1, -0.05) is 66.0 Å². The lowest BCUT2D eigenvalue weighted by atomic mass is 9.47. The molecule has 0 aromatic heterocycles. The van der Waals surface area contributed by atoms with E-state index in [9.17, 15) is 9.59 Å². The lowest BCUT2D eigenvalue weighted by Gasteiger charge is -2.58. The molecule has 0 spiro atoms. The number of hydrogen-bond acceptors (Lipinski definition) is 3. The average molecular weight is 563 g/mol.